The Morgan fingerprint density at radius 2 is 2.08 bits per heavy atom. The largest absolute Gasteiger partial charge is 0.360 e. The summed E-state index contributed by atoms with van der Waals surface area (Å²) in [6.45, 7) is 4.35. The number of hydrogen-bond acceptors (Lipinski definition) is 3. The number of nitrogens with one attached hydrogen (secondary N) is 1. The third kappa shape index (κ3) is 1.37. The van der Waals surface area contributed by atoms with Gasteiger partial charge >= 0.3 is 0 Å². The van der Waals surface area contributed by atoms with Gasteiger partial charge in [0.2, 0.25) is 0 Å². The minimum Gasteiger partial charge on any atom is -0.360 e. The molecular formula is C9H18N2O. The molecule has 2 rings (SSSR count). The lowest BCUT2D eigenvalue weighted by Gasteiger charge is -2.47. The fourth-order valence-corrected chi connectivity index (χ4v) is 2.22. The SMILES string of the molecule is CN1CCCOC12CCNCC2. The van der Waals surface area contributed by atoms with Crippen LogP contribution in [0.5, 0.6) is 0 Å². The third-order valence-corrected chi connectivity index (χ3v) is 3.09. The van der Waals surface area contributed by atoms with Crippen molar-refractivity contribution in [1.82, 2.24) is 10.2 Å². The molecule has 0 saturated carbocycles. The topological polar surface area (TPSA) is 24.5 Å². The third-order valence-electron chi connectivity index (χ3n) is 3.09. The molecule has 0 aromatic carbocycles. The van der Waals surface area contributed by atoms with Crippen molar-refractivity contribution in [3.05, 3.63) is 0 Å². The van der Waals surface area contributed by atoms with E-state index >= 15 is 0 Å². The molecule has 0 radical (unpaired) electrons. The predicted octanol–water partition coefficient (Wildman–Crippen LogP) is 0.418. The van der Waals surface area contributed by atoms with Crippen LogP contribution < -0.4 is 5.32 Å². The Kier molecular flexibility index (Phi) is 2.35. The highest BCUT2D eigenvalue weighted by Gasteiger charge is 2.38. The molecule has 2 heterocycles. The van der Waals surface area contributed by atoms with Gasteiger partial charge in [-0.3, -0.25) is 4.90 Å². The first-order valence-corrected chi connectivity index (χ1v) is 4.89. The Bertz CT molecular complexity index is 146. The molecule has 1 N–H and O–H groups in total. The van der Waals surface area contributed by atoms with Crippen LogP contribution >= 0.6 is 0 Å². The number of rotatable bonds is 0. The summed E-state index contributed by atoms with van der Waals surface area (Å²) >= 11 is 0. The lowest BCUT2D eigenvalue weighted by atomic mass is 9.98. The van der Waals surface area contributed by atoms with Crippen molar-refractivity contribution in [2.24, 2.45) is 0 Å². The smallest absolute Gasteiger partial charge is 0.123 e. The van der Waals surface area contributed by atoms with Crippen molar-refractivity contribution in [1.29, 1.82) is 0 Å². The minimum atomic E-state index is 0.0868. The van der Waals surface area contributed by atoms with Crippen LogP contribution in [0.1, 0.15) is 19.3 Å². The van der Waals surface area contributed by atoms with E-state index in [0.29, 0.717) is 0 Å². The van der Waals surface area contributed by atoms with Gasteiger partial charge in [0, 0.05) is 19.4 Å². The molecule has 12 heavy (non-hydrogen) atoms. The maximum Gasteiger partial charge on any atom is 0.123 e. The summed E-state index contributed by atoms with van der Waals surface area (Å²) in [5.74, 6) is 0. The maximum atomic E-state index is 5.90. The second-order valence-corrected chi connectivity index (χ2v) is 3.82. The van der Waals surface area contributed by atoms with Crippen LogP contribution in [0.15, 0.2) is 0 Å². The summed E-state index contributed by atoms with van der Waals surface area (Å²) in [6.07, 6.45) is 3.47. The molecule has 1 spiro atoms. The second-order valence-electron chi connectivity index (χ2n) is 3.82. The van der Waals surface area contributed by atoms with Crippen molar-refractivity contribution in [3.63, 3.8) is 0 Å². The van der Waals surface area contributed by atoms with Gasteiger partial charge < -0.3 is 10.1 Å². The summed E-state index contributed by atoms with van der Waals surface area (Å²) < 4.78 is 5.90. The first-order valence-electron chi connectivity index (χ1n) is 4.89. The molecule has 0 aromatic rings. The molecule has 3 nitrogen and oxygen atoms in total. The van der Waals surface area contributed by atoms with Crippen LogP contribution in [-0.4, -0.2) is 43.9 Å². The number of ether oxygens (including phenoxy) is 1. The molecular weight excluding hydrogens is 152 g/mol. The zero-order chi connectivity index (χ0) is 8.44. The van der Waals surface area contributed by atoms with Crippen molar-refractivity contribution >= 4 is 0 Å². The second kappa shape index (κ2) is 3.32. The number of piperidine rings is 1. The van der Waals surface area contributed by atoms with Crippen LogP contribution in [0.3, 0.4) is 0 Å². The van der Waals surface area contributed by atoms with Crippen molar-refractivity contribution in [3.8, 4) is 0 Å². The summed E-state index contributed by atoms with van der Waals surface area (Å²) in [5, 5.41) is 3.37. The van der Waals surface area contributed by atoms with Gasteiger partial charge in [-0.05, 0) is 26.6 Å². The van der Waals surface area contributed by atoms with Gasteiger partial charge in [0.1, 0.15) is 5.72 Å². The number of nitrogens with zero attached hydrogens (tertiary/aromatic N) is 1. The van der Waals surface area contributed by atoms with Crippen molar-refractivity contribution < 1.29 is 4.74 Å². The van der Waals surface area contributed by atoms with E-state index in [-0.39, 0.29) is 5.72 Å². The fraction of sp³-hybridized carbons (Fsp3) is 1.00. The zero-order valence-corrected chi connectivity index (χ0v) is 7.81. The van der Waals surface area contributed by atoms with E-state index in [0.717, 1.165) is 32.5 Å². The van der Waals surface area contributed by atoms with Crippen LogP contribution in [-0.2, 0) is 4.74 Å². The average molecular weight is 170 g/mol. The van der Waals surface area contributed by atoms with E-state index < -0.39 is 0 Å². The molecule has 0 bridgehead atoms. The summed E-state index contributed by atoms with van der Waals surface area (Å²) in [7, 11) is 2.18. The van der Waals surface area contributed by atoms with Gasteiger partial charge in [0.05, 0.1) is 6.61 Å². The summed E-state index contributed by atoms with van der Waals surface area (Å²) in [6, 6.07) is 0. The van der Waals surface area contributed by atoms with Crippen molar-refractivity contribution in [2.75, 3.05) is 33.3 Å². The first kappa shape index (κ1) is 8.48. The Labute approximate surface area is 74.1 Å². The molecule has 2 saturated heterocycles. The zero-order valence-electron chi connectivity index (χ0n) is 7.81. The van der Waals surface area contributed by atoms with Gasteiger partial charge in [-0.1, -0.05) is 0 Å². The first-order chi connectivity index (χ1) is 5.83. The Morgan fingerprint density at radius 1 is 1.33 bits per heavy atom. The minimum absolute atomic E-state index is 0.0868. The maximum absolute atomic E-state index is 5.90. The quantitative estimate of drug-likeness (QED) is 0.570. The summed E-state index contributed by atoms with van der Waals surface area (Å²) in [5.41, 5.74) is 0.0868. The molecule has 0 aliphatic carbocycles. The normalized spacial score (nSPS) is 30.8. The Morgan fingerprint density at radius 3 is 2.75 bits per heavy atom. The van der Waals surface area contributed by atoms with E-state index in [1.807, 2.05) is 0 Å². The van der Waals surface area contributed by atoms with Crippen LogP contribution in [0.2, 0.25) is 0 Å². The highest BCUT2D eigenvalue weighted by Crippen LogP contribution is 2.29. The molecule has 2 aliphatic heterocycles. The van der Waals surface area contributed by atoms with Gasteiger partial charge in [0.25, 0.3) is 0 Å². The monoisotopic (exact) mass is 170 g/mol. The van der Waals surface area contributed by atoms with Crippen LogP contribution in [0, 0.1) is 0 Å². The van der Waals surface area contributed by atoms with E-state index in [2.05, 4.69) is 17.3 Å². The summed E-state index contributed by atoms with van der Waals surface area (Å²) in [4.78, 5) is 2.39. The highest BCUT2D eigenvalue weighted by molar-refractivity contribution is 4.87. The molecule has 70 valence electrons. The molecule has 2 aliphatic rings. The molecule has 2 fully saturated rings. The van der Waals surface area contributed by atoms with Crippen LogP contribution in [0.25, 0.3) is 0 Å². The molecule has 0 unspecified atom stereocenters. The standard InChI is InChI=1S/C9H18N2O/c1-11-7-2-8-12-9(11)3-5-10-6-4-9/h10H,2-8H2,1H3. The predicted molar refractivity (Wildman–Crippen MR) is 48.0 cm³/mol. The van der Waals surface area contributed by atoms with Gasteiger partial charge in [-0.15, -0.1) is 0 Å². The molecule has 3 heteroatoms. The van der Waals surface area contributed by atoms with E-state index in [4.69, 9.17) is 4.74 Å². The van der Waals surface area contributed by atoms with Crippen LogP contribution in [0.4, 0.5) is 0 Å². The van der Waals surface area contributed by atoms with E-state index in [1.54, 1.807) is 0 Å². The lowest BCUT2D eigenvalue weighted by molar-refractivity contribution is -0.189. The van der Waals surface area contributed by atoms with Gasteiger partial charge in [-0.25, -0.2) is 0 Å². The Hall–Kier alpha value is -0.120. The van der Waals surface area contributed by atoms with Gasteiger partial charge in [0.15, 0.2) is 0 Å². The number of hydrogen-bond donors (Lipinski definition) is 1. The average Bonchev–Trinajstić information content (AvgIpc) is 2.12. The highest BCUT2D eigenvalue weighted by atomic mass is 16.5. The lowest BCUT2D eigenvalue weighted by Crippen LogP contribution is -2.57. The van der Waals surface area contributed by atoms with E-state index in [1.165, 1.54) is 13.0 Å². The fourth-order valence-electron chi connectivity index (χ4n) is 2.22. The Balaban J connectivity index is 2.04. The van der Waals surface area contributed by atoms with E-state index in [9.17, 15) is 0 Å². The van der Waals surface area contributed by atoms with Gasteiger partial charge in [-0.2, -0.15) is 0 Å². The molecule has 0 atom stereocenters. The van der Waals surface area contributed by atoms with Crippen molar-refractivity contribution in [2.45, 2.75) is 25.0 Å². The molecule has 0 aromatic heterocycles. The molecule has 0 amide bonds.